The zero-order valence-corrected chi connectivity index (χ0v) is 24.1. The Labute approximate surface area is 229 Å². The molecule has 2 amide bonds. The van der Waals surface area contributed by atoms with Crippen molar-refractivity contribution in [3.8, 4) is 18.4 Å². The maximum absolute atomic E-state index is 12.8. The molecule has 0 heterocycles. The van der Waals surface area contributed by atoms with E-state index >= 15 is 0 Å². The lowest BCUT2D eigenvalue weighted by molar-refractivity contribution is -0.119. The fraction of sp³-hybridized carbons (Fsp3) is 0.607. The van der Waals surface area contributed by atoms with Gasteiger partial charge in [0.15, 0.2) is 0 Å². The Bertz CT molecular complexity index is 901. The monoisotopic (exact) mass is 545 g/mol. The number of hydrogen-bond donors (Lipinski definition) is 3. The lowest BCUT2D eigenvalue weighted by Gasteiger charge is -2.31. The predicted octanol–water partition coefficient (Wildman–Crippen LogP) is 4.68. The minimum Gasteiger partial charge on any atom is -0.370 e. The summed E-state index contributed by atoms with van der Waals surface area (Å²) in [6, 6.07) is 8.71. The highest BCUT2D eigenvalue weighted by molar-refractivity contribution is 7.44. The fourth-order valence-electron chi connectivity index (χ4n) is 3.51. The minimum absolute atomic E-state index is 0.0394. The molecular weight excluding hydrogens is 501 g/mol. The molecule has 1 atom stereocenters. The Balaban J connectivity index is 2.52. The van der Waals surface area contributed by atoms with E-state index in [4.69, 9.17) is 26.5 Å². The maximum Gasteiger partial charge on any atom is 0.259 e. The highest BCUT2D eigenvalue weighted by atomic mass is 31.2. The van der Waals surface area contributed by atoms with E-state index in [0.717, 1.165) is 37.8 Å². The third-order valence-corrected chi connectivity index (χ3v) is 7.43. The number of benzene rings is 1. The van der Waals surface area contributed by atoms with Crippen molar-refractivity contribution in [2.45, 2.75) is 90.9 Å². The topological polar surface area (TPSA) is 130 Å². The second-order valence-corrected chi connectivity index (χ2v) is 11.0. The van der Waals surface area contributed by atoms with Gasteiger partial charge in [0.05, 0.1) is 24.3 Å². The largest absolute Gasteiger partial charge is 0.370 e. The number of terminal acetylenes is 1. The summed E-state index contributed by atoms with van der Waals surface area (Å²) in [6.07, 6.45) is 10.1. The van der Waals surface area contributed by atoms with Gasteiger partial charge in [-0.1, -0.05) is 18.8 Å². The summed E-state index contributed by atoms with van der Waals surface area (Å²) in [5.41, 5.74) is 6.68. The summed E-state index contributed by atoms with van der Waals surface area (Å²) in [4.78, 5) is 24.1. The number of amides is 2. The van der Waals surface area contributed by atoms with Crippen LogP contribution in [0, 0.1) is 23.7 Å². The van der Waals surface area contributed by atoms with Crippen molar-refractivity contribution in [1.29, 1.82) is 5.26 Å². The van der Waals surface area contributed by atoms with Crippen LogP contribution in [0.5, 0.6) is 0 Å². The van der Waals surface area contributed by atoms with E-state index in [1.165, 1.54) is 0 Å². The van der Waals surface area contributed by atoms with Gasteiger partial charge in [0.2, 0.25) is 11.8 Å². The molecule has 0 aliphatic rings. The molecule has 1 aromatic carbocycles. The molecule has 38 heavy (non-hydrogen) atoms. The zero-order chi connectivity index (χ0) is 28.3. The number of primary amides is 1. The molecule has 0 fully saturated rings. The van der Waals surface area contributed by atoms with Crippen LogP contribution in [0.15, 0.2) is 24.3 Å². The Morgan fingerprint density at radius 1 is 1.05 bits per heavy atom. The lowest BCUT2D eigenvalue weighted by Crippen LogP contribution is -2.41. The average molecular weight is 546 g/mol. The van der Waals surface area contributed by atoms with Crippen LogP contribution in [-0.2, 0) is 18.6 Å². The van der Waals surface area contributed by atoms with Crippen LogP contribution in [0.4, 0.5) is 5.69 Å². The van der Waals surface area contributed by atoms with E-state index in [1.807, 2.05) is 27.7 Å². The molecule has 1 aromatic rings. The number of nitrogens with two attached hydrogens (primary N) is 1. The number of nitrogens with zero attached hydrogens (tertiary/aromatic N) is 2. The molecule has 9 nitrogen and oxygen atoms in total. The highest BCUT2D eigenvalue weighted by Gasteiger charge is 2.24. The quantitative estimate of drug-likeness (QED) is 0.123. The van der Waals surface area contributed by atoms with Crippen LogP contribution in [-0.4, -0.2) is 54.4 Å². The molecule has 0 aliphatic heterocycles. The third-order valence-electron chi connectivity index (χ3n) is 5.36. The molecule has 0 saturated carbocycles. The van der Waals surface area contributed by atoms with Gasteiger partial charge in [-0.3, -0.25) is 9.59 Å². The van der Waals surface area contributed by atoms with E-state index in [9.17, 15) is 9.59 Å². The second-order valence-electron chi connectivity index (χ2n) is 9.54. The van der Waals surface area contributed by atoms with E-state index in [1.54, 1.807) is 24.3 Å². The summed E-state index contributed by atoms with van der Waals surface area (Å²) in [6.45, 7) is 10.00. The van der Waals surface area contributed by atoms with Gasteiger partial charge >= 0.3 is 0 Å². The number of nitrogens with one attached hydrogen (secondary N) is 2. The van der Waals surface area contributed by atoms with E-state index in [0.29, 0.717) is 31.6 Å². The number of nitriles is 1. The molecule has 0 aliphatic carbocycles. The second kappa shape index (κ2) is 19.5. The normalized spacial score (nSPS) is 12.1. The maximum atomic E-state index is 12.8. The lowest BCUT2D eigenvalue weighted by atomic mass is 10.1. The summed E-state index contributed by atoms with van der Waals surface area (Å²) in [5, 5.41) is 15.2. The van der Waals surface area contributed by atoms with E-state index in [-0.39, 0.29) is 24.5 Å². The third kappa shape index (κ3) is 15.0. The van der Waals surface area contributed by atoms with Gasteiger partial charge in [0.1, 0.15) is 0 Å². The van der Waals surface area contributed by atoms with Crippen LogP contribution in [0.2, 0.25) is 0 Å². The molecule has 0 aromatic heterocycles. The van der Waals surface area contributed by atoms with Gasteiger partial charge in [0, 0.05) is 37.2 Å². The van der Waals surface area contributed by atoms with Crippen molar-refractivity contribution in [2.24, 2.45) is 5.73 Å². The molecule has 0 saturated heterocycles. The SMILES string of the molecule is C#Cc1ccc(NC(=O)C(CCC(N)=O)NCCCCCCN(CCC#N)P(OC(C)C)OC(C)C)cc1. The zero-order valence-electron chi connectivity index (χ0n) is 23.2. The minimum atomic E-state index is -1.21. The van der Waals surface area contributed by atoms with E-state index < -0.39 is 20.5 Å². The molecule has 0 bridgehead atoms. The number of rotatable bonds is 20. The van der Waals surface area contributed by atoms with Gasteiger partial charge < -0.3 is 25.4 Å². The van der Waals surface area contributed by atoms with Crippen molar-refractivity contribution in [2.75, 3.05) is 25.0 Å². The first-order valence-corrected chi connectivity index (χ1v) is 14.4. The highest BCUT2D eigenvalue weighted by Crippen LogP contribution is 2.45. The van der Waals surface area contributed by atoms with Crippen LogP contribution < -0.4 is 16.4 Å². The van der Waals surface area contributed by atoms with Crippen LogP contribution in [0.25, 0.3) is 0 Å². The summed E-state index contributed by atoms with van der Waals surface area (Å²) in [5.74, 6) is 1.89. The Hall–Kier alpha value is -2.52. The summed E-state index contributed by atoms with van der Waals surface area (Å²) in [7, 11) is -1.21. The first-order chi connectivity index (χ1) is 18.2. The van der Waals surface area contributed by atoms with Crippen LogP contribution in [0.3, 0.4) is 0 Å². The number of carbonyl (C=O) groups excluding carboxylic acids is 2. The number of unbranched alkanes of at least 4 members (excludes halogenated alkanes) is 3. The smallest absolute Gasteiger partial charge is 0.259 e. The van der Waals surface area contributed by atoms with Gasteiger partial charge in [-0.05, 0) is 77.8 Å². The molecule has 1 unspecified atom stereocenters. The Morgan fingerprint density at radius 3 is 2.24 bits per heavy atom. The molecular formula is C28H44N5O4P. The molecule has 4 N–H and O–H groups in total. The molecule has 0 radical (unpaired) electrons. The van der Waals surface area contributed by atoms with Crippen molar-refractivity contribution in [3.63, 3.8) is 0 Å². The molecule has 1 rings (SSSR count). The molecule has 10 heteroatoms. The average Bonchev–Trinajstić information content (AvgIpc) is 2.86. The number of anilines is 1. The number of carbonyl (C=O) groups is 2. The van der Waals surface area contributed by atoms with Crippen molar-refractivity contribution in [1.82, 2.24) is 9.99 Å². The van der Waals surface area contributed by atoms with Crippen LogP contribution in [0.1, 0.15) is 78.2 Å². The molecule has 210 valence electrons. The van der Waals surface area contributed by atoms with Crippen molar-refractivity contribution < 1.29 is 18.6 Å². The standard InChI is InChI=1S/C28H44N5O4P/c1-6-24-12-14-25(15-13-24)32-28(35)26(16-17-27(30)34)31-19-9-7-8-10-20-33(21-11-18-29)38(36-22(2)3)37-23(4)5/h1,12-15,22-23,26,31H,7-11,16-17,19-21H2,2-5H3,(H2,30,34)(H,32,35). The summed E-state index contributed by atoms with van der Waals surface area (Å²) < 4.78 is 14.2. The van der Waals surface area contributed by atoms with Crippen LogP contribution >= 0.6 is 8.53 Å². The van der Waals surface area contributed by atoms with Crippen molar-refractivity contribution in [3.05, 3.63) is 29.8 Å². The fourth-order valence-corrected chi connectivity index (χ4v) is 5.12. The Morgan fingerprint density at radius 2 is 1.68 bits per heavy atom. The van der Waals surface area contributed by atoms with Crippen molar-refractivity contribution >= 4 is 26.0 Å². The van der Waals surface area contributed by atoms with Gasteiger partial charge in [-0.15, -0.1) is 6.42 Å². The summed E-state index contributed by atoms with van der Waals surface area (Å²) >= 11 is 0. The predicted molar refractivity (Wildman–Crippen MR) is 153 cm³/mol. The first-order valence-electron chi connectivity index (χ1n) is 13.3. The number of hydrogen-bond acceptors (Lipinski definition) is 7. The van der Waals surface area contributed by atoms with Gasteiger partial charge in [0.25, 0.3) is 8.53 Å². The van der Waals surface area contributed by atoms with Gasteiger partial charge in [-0.25, -0.2) is 4.67 Å². The molecule has 0 spiro atoms. The first kappa shape index (κ1) is 33.5. The van der Waals surface area contributed by atoms with E-state index in [2.05, 4.69) is 27.3 Å². The Kier molecular flexibility index (Phi) is 17.2. The van der Waals surface area contributed by atoms with Gasteiger partial charge in [-0.2, -0.15) is 5.26 Å².